The molecule has 7 aromatic carbocycles. The normalized spacial score (nSPS) is 13.5. The Balaban J connectivity index is 0.00000880. The van der Waals surface area contributed by atoms with Gasteiger partial charge in [0.05, 0.1) is 22.3 Å². The first kappa shape index (κ1) is 54.6. The Labute approximate surface area is 492 Å². The maximum atomic E-state index is 12.7. The van der Waals surface area contributed by atoms with E-state index < -0.39 is 6.85 Å². The minimum Gasteiger partial charge on any atom is -0.507 e. The summed E-state index contributed by atoms with van der Waals surface area (Å²) in [5.74, 6) is 1.03. The third-order valence-electron chi connectivity index (χ3n) is 15.6. The molecule has 0 aliphatic rings. The van der Waals surface area contributed by atoms with Crippen molar-refractivity contribution in [2.24, 2.45) is 10.8 Å². The van der Waals surface area contributed by atoms with Crippen LogP contribution in [-0.4, -0.2) is 19.6 Å². The van der Waals surface area contributed by atoms with Crippen molar-refractivity contribution in [1.82, 2.24) is 14.5 Å². The van der Waals surface area contributed by atoms with Crippen LogP contribution in [0.3, 0.4) is 0 Å². The Kier molecular flexibility index (Phi) is 14.7. The number of hydrogen-bond donors (Lipinski definition) is 1. The van der Waals surface area contributed by atoms with Crippen molar-refractivity contribution in [3.05, 3.63) is 191 Å². The van der Waals surface area contributed by atoms with E-state index in [1.54, 1.807) is 0 Å². The second kappa shape index (κ2) is 21.3. The number of hydrogen-bond acceptors (Lipinski definition) is 3. The minimum atomic E-state index is -2.30. The molecule has 5 heteroatoms. The SMILES string of the molecule is [2H]C([2H])([2H])c1cc(C(C(C)(C)C)C(C)(C)C)ccc1-c1ccc(-c2ccnc(-c3[c-]c(-c4cccc5c4nc(-c4cc(C(C)(C)C)cc(C(C)(C)C)c4O)n5-c4ccc(C(C)(C)C)cc4-c4ccccc4)cc(C(C)(C)C)c3)c2)cc1.[Pt]. The maximum Gasteiger partial charge on any atom is 0.148 e. The summed E-state index contributed by atoms with van der Waals surface area (Å²) in [6.07, 6.45) is 1.86. The molecule has 0 saturated heterocycles. The fourth-order valence-corrected chi connectivity index (χ4v) is 11.8. The summed E-state index contributed by atoms with van der Waals surface area (Å²) >= 11 is 0. The first-order valence-corrected chi connectivity index (χ1v) is 27.9. The third kappa shape index (κ3) is 12.1. The Morgan fingerprint density at radius 1 is 0.494 bits per heavy atom. The standard InChI is InChI=1S/C74H84N3O.Pt/c1-46-38-51(67(73(14,15)16)74(17,18)19)32-34-57(46)49-30-28-47(29-31-49)50-36-37-75-62(42-50)53-39-52(40-55(41-53)70(5,6)7)58-26-23-27-64-65(58)76-68(60-44-56(71(8,9)10)45-61(66(60)78)72(11,12)13)77(64)63-35-33-54(69(2,3)4)43-59(63)48-24-21-20-22-25-48;/h20-38,40-45,67,78H,1-19H3;/q-1;/i1D3;. The number of pyridine rings is 1. The molecule has 0 radical (unpaired) electrons. The predicted molar refractivity (Wildman–Crippen MR) is 333 cm³/mol. The van der Waals surface area contributed by atoms with Gasteiger partial charge in [0.15, 0.2) is 0 Å². The van der Waals surface area contributed by atoms with Gasteiger partial charge in [0.1, 0.15) is 11.6 Å². The Morgan fingerprint density at radius 3 is 1.70 bits per heavy atom. The Morgan fingerprint density at radius 2 is 1.09 bits per heavy atom. The van der Waals surface area contributed by atoms with Crippen LogP contribution in [-0.2, 0) is 42.7 Å². The van der Waals surface area contributed by atoms with Crippen molar-refractivity contribution in [3.8, 4) is 78.6 Å². The zero-order chi connectivity index (χ0) is 59.2. The Hall–Kier alpha value is -6.35. The molecule has 79 heavy (non-hydrogen) atoms. The third-order valence-corrected chi connectivity index (χ3v) is 15.6. The molecule has 9 aromatic rings. The van der Waals surface area contributed by atoms with E-state index in [1.165, 1.54) is 5.56 Å². The second-order valence-corrected chi connectivity index (χ2v) is 28.1. The van der Waals surface area contributed by atoms with E-state index in [0.29, 0.717) is 17.0 Å². The van der Waals surface area contributed by atoms with Gasteiger partial charge in [-0.25, -0.2) is 4.98 Å². The van der Waals surface area contributed by atoms with Crippen LogP contribution >= 0.6 is 0 Å². The number of phenolic OH excluding ortho intramolecular Hbond substituents is 1. The van der Waals surface area contributed by atoms with Crippen molar-refractivity contribution < 1.29 is 30.3 Å². The molecule has 0 saturated carbocycles. The van der Waals surface area contributed by atoms with Crippen LogP contribution in [0.4, 0.5) is 0 Å². The maximum absolute atomic E-state index is 12.7. The van der Waals surface area contributed by atoms with E-state index in [-0.39, 0.29) is 65.2 Å². The molecule has 9 rings (SSSR count). The number of nitrogens with zero attached hydrogens (tertiary/aromatic N) is 3. The van der Waals surface area contributed by atoms with Crippen LogP contribution in [0.15, 0.2) is 152 Å². The van der Waals surface area contributed by atoms with E-state index >= 15 is 0 Å². The quantitative estimate of drug-likeness (QED) is 0.154. The van der Waals surface area contributed by atoms with Crippen molar-refractivity contribution in [3.63, 3.8) is 0 Å². The summed E-state index contributed by atoms with van der Waals surface area (Å²) < 4.78 is 28.3. The van der Waals surface area contributed by atoms with Gasteiger partial charge in [-0.2, -0.15) is 0 Å². The second-order valence-electron chi connectivity index (χ2n) is 28.1. The molecular formula is C74H84N3OPt-. The number of phenols is 1. The first-order chi connectivity index (χ1) is 37.5. The molecule has 1 N–H and O–H groups in total. The van der Waals surface area contributed by atoms with E-state index in [1.807, 2.05) is 36.5 Å². The zero-order valence-corrected chi connectivity index (χ0v) is 52.4. The van der Waals surface area contributed by atoms with E-state index in [0.717, 1.165) is 94.7 Å². The van der Waals surface area contributed by atoms with Crippen LogP contribution in [0.25, 0.3) is 83.9 Å². The largest absolute Gasteiger partial charge is 0.507 e. The minimum absolute atomic E-state index is 0. The number of rotatable bonds is 8. The summed E-state index contributed by atoms with van der Waals surface area (Å²) in [5.41, 5.74) is 17.2. The van der Waals surface area contributed by atoms with Gasteiger partial charge >= 0.3 is 0 Å². The number of aromatic nitrogens is 3. The molecule has 2 heterocycles. The summed E-state index contributed by atoms with van der Waals surface area (Å²) in [5, 5.41) is 12.7. The number of fused-ring (bicyclic) bond motifs is 1. The molecule has 0 bridgehead atoms. The van der Waals surface area contributed by atoms with Crippen LogP contribution in [0.2, 0.25) is 0 Å². The average Bonchev–Trinajstić information content (AvgIpc) is 1.98. The monoisotopic (exact) mass is 1230 g/mol. The fourth-order valence-electron chi connectivity index (χ4n) is 11.8. The summed E-state index contributed by atoms with van der Waals surface area (Å²) in [6.45, 7) is 37.7. The van der Waals surface area contributed by atoms with Crippen molar-refractivity contribution in [2.45, 2.75) is 159 Å². The zero-order valence-electron chi connectivity index (χ0n) is 53.1. The average molecular weight is 1230 g/mol. The van der Waals surface area contributed by atoms with E-state index in [2.05, 4.69) is 251 Å². The van der Waals surface area contributed by atoms with Gasteiger partial charge in [0.2, 0.25) is 0 Å². The predicted octanol–water partition coefficient (Wildman–Crippen LogP) is 20.6. The van der Waals surface area contributed by atoms with Crippen LogP contribution in [0.1, 0.15) is 168 Å². The number of para-hydroxylation sites is 1. The molecule has 0 unspecified atom stereocenters. The molecule has 0 aliphatic heterocycles. The van der Waals surface area contributed by atoms with E-state index in [9.17, 15) is 5.11 Å². The molecule has 0 fully saturated rings. The summed E-state index contributed by atoms with van der Waals surface area (Å²) in [6, 6.07) is 54.8. The summed E-state index contributed by atoms with van der Waals surface area (Å²) in [4.78, 5) is 10.7. The molecule has 2 aromatic heterocycles. The fraction of sp³-hybridized carbons (Fsp3) is 0.351. The number of aryl methyl sites for hydroxylation is 1. The van der Waals surface area contributed by atoms with E-state index in [4.69, 9.17) is 14.1 Å². The van der Waals surface area contributed by atoms with Gasteiger partial charge in [-0.3, -0.25) is 9.55 Å². The molecule has 0 amide bonds. The topological polar surface area (TPSA) is 50.9 Å². The smallest absolute Gasteiger partial charge is 0.148 e. The van der Waals surface area contributed by atoms with Crippen LogP contribution < -0.4 is 0 Å². The van der Waals surface area contributed by atoms with Crippen molar-refractivity contribution in [2.75, 3.05) is 0 Å². The first-order valence-electron chi connectivity index (χ1n) is 29.4. The number of aromatic hydroxyl groups is 1. The van der Waals surface area contributed by atoms with Gasteiger partial charge < -0.3 is 5.11 Å². The molecule has 412 valence electrons. The molecule has 0 aliphatic carbocycles. The molecule has 4 nitrogen and oxygen atoms in total. The van der Waals surface area contributed by atoms with Gasteiger partial charge in [-0.05, 0) is 126 Å². The van der Waals surface area contributed by atoms with Crippen molar-refractivity contribution >= 4 is 11.0 Å². The number of benzene rings is 7. The van der Waals surface area contributed by atoms with Gasteiger partial charge in [-0.15, -0.1) is 29.3 Å². The summed E-state index contributed by atoms with van der Waals surface area (Å²) in [7, 11) is 0. The van der Waals surface area contributed by atoms with Crippen LogP contribution in [0.5, 0.6) is 5.75 Å². The number of imidazole rings is 1. The van der Waals surface area contributed by atoms with Crippen molar-refractivity contribution in [1.29, 1.82) is 0 Å². The molecule has 0 spiro atoms. The molecular weight excluding hydrogens is 1140 g/mol. The Bertz CT molecular complexity index is 3790. The van der Waals surface area contributed by atoms with Gasteiger partial charge in [0.25, 0.3) is 0 Å². The molecule has 0 atom stereocenters. The van der Waals surface area contributed by atoms with Gasteiger partial charge in [0, 0.05) is 48.2 Å². The van der Waals surface area contributed by atoms with Gasteiger partial charge in [-0.1, -0.05) is 239 Å². The van der Waals surface area contributed by atoms with Crippen LogP contribution in [0, 0.1) is 23.7 Å².